The molecule has 0 bridgehead atoms. The Hall–Kier alpha value is -1.24. The quantitative estimate of drug-likeness (QED) is 0.686. The van der Waals surface area contributed by atoms with E-state index in [0.29, 0.717) is 6.61 Å². The first-order valence-electron chi connectivity index (χ1n) is 4.56. The summed E-state index contributed by atoms with van der Waals surface area (Å²) in [5.41, 5.74) is 3.61. The van der Waals surface area contributed by atoms with Crippen molar-refractivity contribution in [1.29, 1.82) is 0 Å². The largest absolute Gasteiger partial charge is 0.494 e. The van der Waals surface area contributed by atoms with E-state index in [1.54, 1.807) is 0 Å². The summed E-state index contributed by atoms with van der Waals surface area (Å²) in [7, 11) is 0. The van der Waals surface area contributed by atoms with Crippen molar-refractivity contribution in [3.63, 3.8) is 0 Å². The van der Waals surface area contributed by atoms with Gasteiger partial charge >= 0.3 is 0 Å². The van der Waals surface area contributed by atoms with Gasteiger partial charge in [0.15, 0.2) is 0 Å². The van der Waals surface area contributed by atoms with Gasteiger partial charge in [-0.1, -0.05) is 18.7 Å². The molecule has 0 heterocycles. The Morgan fingerprint density at radius 2 is 2.08 bits per heavy atom. The summed E-state index contributed by atoms with van der Waals surface area (Å²) in [6, 6.07) is 4.08. The second-order valence-electron chi connectivity index (χ2n) is 3.06. The second-order valence-corrected chi connectivity index (χ2v) is 3.06. The molecule has 0 atom stereocenters. The van der Waals surface area contributed by atoms with Gasteiger partial charge in [-0.2, -0.15) is 0 Å². The molecule has 0 aromatic heterocycles. The lowest BCUT2D eigenvalue weighted by atomic mass is 10.0. The van der Waals surface area contributed by atoms with Crippen LogP contribution in [-0.2, 0) is 0 Å². The highest BCUT2D eigenvalue weighted by atomic mass is 16.5. The maximum atomic E-state index is 5.49. The Balaban J connectivity index is 3.19. The molecule has 0 saturated carbocycles. The molecule has 1 aromatic rings. The van der Waals surface area contributed by atoms with E-state index in [-0.39, 0.29) is 0 Å². The van der Waals surface area contributed by atoms with Crippen LogP contribution in [0.4, 0.5) is 0 Å². The van der Waals surface area contributed by atoms with Crippen molar-refractivity contribution in [3.8, 4) is 5.75 Å². The van der Waals surface area contributed by atoms with Crippen molar-refractivity contribution in [2.24, 2.45) is 0 Å². The van der Waals surface area contributed by atoms with Crippen LogP contribution in [-0.4, -0.2) is 6.61 Å². The van der Waals surface area contributed by atoms with Crippen molar-refractivity contribution >= 4 is 6.08 Å². The predicted octanol–water partition coefficient (Wildman–Crippen LogP) is 3.35. The molecule has 0 unspecified atom stereocenters. The summed E-state index contributed by atoms with van der Waals surface area (Å²) in [4.78, 5) is 0. The summed E-state index contributed by atoms with van der Waals surface area (Å²) < 4.78 is 5.49. The minimum Gasteiger partial charge on any atom is -0.494 e. The Kier molecular flexibility index (Phi) is 3.13. The highest BCUT2D eigenvalue weighted by Gasteiger charge is 2.04. The number of hydrogen-bond acceptors (Lipinski definition) is 1. The third-order valence-corrected chi connectivity index (χ3v) is 2.19. The van der Waals surface area contributed by atoms with Crippen molar-refractivity contribution in [3.05, 3.63) is 35.4 Å². The van der Waals surface area contributed by atoms with E-state index in [1.807, 2.05) is 19.1 Å². The topological polar surface area (TPSA) is 9.23 Å². The Morgan fingerprint density at radius 1 is 1.38 bits per heavy atom. The molecule has 0 amide bonds. The molecular weight excluding hydrogens is 160 g/mol. The average Bonchev–Trinajstić information content (AvgIpc) is 2.11. The zero-order valence-corrected chi connectivity index (χ0v) is 8.55. The van der Waals surface area contributed by atoms with Crippen molar-refractivity contribution in [2.45, 2.75) is 20.8 Å². The van der Waals surface area contributed by atoms with Gasteiger partial charge < -0.3 is 4.74 Å². The third-order valence-electron chi connectivity index (χ3n) is 2.19. The van der Waals surface area contributed by atoms with Gasteiger partial charge in [0.2, 0.25) is 0 Å². The first-order chi connectivity index (χ1) is 6.20. The first kappa shape index (κ1) is 9.85. The summed E-state index contributed by atoms with van der Waals surface area (Å²) >= 11 is 0. The lowest BCUT2D eigenvalue weighted by molar-refractivity contribution is 0.337. The van der Waals surface area contributed by atoms with Crippen LogP contribution in [0.1, 0.15) is 23.6 Å². The molecule has 1 heteroatoms. The SMILES string of the molecule is C=Cc1c(C)ccc(OCC)c1C. The Morgan fingerprint density at radius 3 is 2.62 bits per heavy atom. The predicted molar refractivity (Wildman–Crippen MR) is 57.2 cm³/mol. The lowest BCUT2D eigenvalue weighted by Crippen LogP contribution is -1.96. The maximum absolute atomic E-state index is 5.49. The summed E-state index contributed by atoms with van der Waals surface area (Å²) in [5.74, 6) is 0.961. The van der Waals surface area contributed by atoms with Gasteiger partial charge in [0.05, 0.1) is 6.61 Å². The number of benzene rings is 1. The molecule has 0 aliphatic rings. The maximum Gasteiger partial charge on any atom is 0.122 e. The Labute approximate surface area is 80.0 Å². The van der Waals surface area contributed by atoms with Gasteiger partial charge in [0.1, 0.15) is 5.75 Å². The van der Waals surface area contributed by atoms with Crippen LogP contribution in [0.5, 0.6) is 5.75 Å². The molecule has 1 nitrogen and oxygen atoms in total. The van der Waals surface area contributed by atoms with Gasteiger partial charge in [-0.05, 0) is 43.5 Å². The lowest BCUT2D eigenvalue weighted by Gasteiger charge is -2.11. The minimum absolute atomic E-state index is 0.709. The minimum atomic E-state index is 0.709. The fourth-order valence-electron chi connectivity index (χ4n) is 1.47. The van der Waals surface area contributed by atoms with Gasteiger partial charge in [-0.25, -0.2) is 0 Å². The summed E-state index contributed by atoms with van der Waals surface area (Å²) in [6.45, 7) is 10.6. The van der Waals surface area contributed by atoms with Crippen LogP contribution in [0.15, 0.2) is 18.7 Å². The zero-order valence-electron chi connectivity index (χ0n) is 8.55. The van der Waals surface area contributed by atoms with Crippen molar-refractivity contribution in [2.75, 3.05) is 6.61 Å². The van der Waals surface area contributed by atoms with E-state index in [9.17, 15) is 0 Å². The van der Waals surface area contributed by atoms with Crippen LogP contribution in [0.25, 0.3) is 6.08 Å². The second kappa shape index (κ2) is 4.13. The number of rotatable bonds is 3. The highest BCUT2D eigenvalue weighted by molar-refractivity contribution is 5.59. The van der Waals surface area contributed by atoms with E-state index >= 15 is 0 Å². The smallest absolute Gasteiger partial charge is 0.122 e. The Bertz CT molecular complexity index is 313. The van der Waals surface area contributed by atoms with Crippen LogP contribution in [0.2, 0.25) is 0 Å². The van der Waals surface area contributed by atoms with Crippen molar-refractivity contribution < 1.29 is 4.74 Å². The fraction of sp³-hybridized carbons (Fsp3) is 0.333. The molecule has 0 spiro atoms. The van der Waals surface area contributed by atoms with Gasteiger partial charge in [0.25, 0.3) is 0 Å². The summed E-state index contributed by atoms with van der Waals surface area (Å²) in [6.07, 6.45) is 1.88. The molecule has 0 aliphatic heterocycles. The standard InChI is InChI=1S/C12H16O/c1-5-11-9(3)7-8-12(10(11)4)13-6-2/h5,7-8H,1,6H2,2-4H3. The van der Waals surface area contributed by atoms with E-state index in [2.05, 4.69) is 26.5 Å². The van der Waals surface area contributed by atoms with Crippen LogP contribution >= 0.6 is 0 Å². The average molecular weight is 176 g/mol. The van der Waals surface area contributed by atoms with Gasteiger partial charge in [0, 0.05) is 0 Å². The van der Waals surface area contributed by atoms with E-state index in [4.69, 9.17) is 4.74 Å². The monoisotopic (exact) mass is 176 g/mol. The number of aryl methyl sites for hydroxylation is 1. The normalized spacial score (nSPS) is 9.77. The van der Waals surface area contributed by atoms with Gasteiger partial charge in [-0.15, -0.1) is 0 Å². The van der Waals surface area contributed by atoms with Crippen LogP contribution in [0.3, 0.4) is 0 Å². The van der Waals surface area contributed by atoms with E-state index < -0.39 is 0 Å². The number of hydrogen-bond donors (Lipinski definition) is 0. The molecule has 70 valence electrons. The zero-order chi connectivity index (χ0) is 9.84. The number of ether oxygens (including phenoxy) is 1. The molecule has 0 saturated heterocycles. The van der Waals surface area contributed by atoms with Crippen LogP contribution < -0.4 is 4.74 Å². The molecule has 1 aromatic carbocycles. The highest BCUT2D eigenvalue weighted by Crippen LogP contribution is 2.25. The fourth-order valence-corrected chi connectivity index (χ4v) is 1.47. The molecule has 13 heavy (non-hydrogen) atoms. The third kappa shape index (κ3) is 1.92. The summed E-state index contributed by atoms with van der Waals surface area (Å²) in [5, 5.41) is 0. The molecule has 0 aliphatic carbocycles. The molecular formula is C12H16O. The molecule has 0 radical (unpaired) electrons. The molecule has 1 rings (SSSR count). The molecule has 0 N–H and O–H groups in total. The van der Waals surface area contributed by atoms with E-state index in [0.717, 1.165) is 5.75 Å². The van der Waals surface area contributed by atoms with Crippen molar-refractivity contribution in [1.82, 2.24) is 0 Å². The molecule has 0 fully saturated rings. The van der Waals surface area contributed by atoms with Gasteiger partial charge in [-0.3, -0.25) is 0 Å². The van der Waals surface area contributed by atoms with Crippen LogP contribution in [0, 0.1) is 13.8 Å². The van der Waals surface area contributed by atoms with E-state index in [1.165, 1.54) is 16.7 Å². The first-order valence-corrected chi connectivity index (χ1v) is 4.56.